The first-order valence-corrected chi connectivity index (χ1v) is 9.52. The Labute approximate surface area is 169 Å². The molecule has 2 bridgehead atoms. The number of Topliss-reactive ketones (excluding diaryl/α,β-unsaturated/α-hetero) is 2. The molecule has 0 unspecified atom stereocenters. The van der Waals surface area contributed by atoms with Crippen LogP contribution in [-0.2, 0) is 9.59 Å². The molecule has 6 nitrogen and oxygen atoms in total. The first-order chi connectivity index (χ1) is 13.6. The van der Waals surface area contributed by atoms with Crippen LogP contribution in [-0.4, -0.2) is 39.6 Å². The molecule has 29 heavy (non-hydrogen) atoms. The van der Waals surface area contributed by atoms with Crippen molar-refractivity contribution in [2.24, 2.45) is 11.3 Å². The molecule has 3 fully saturated rings. The van der Waals surface area contributed by atoms with Crippen LogP contribution in [0.3, 0.4) is 0 Å². The summed E-state index contributed by atoms with van der Waals surface area (Å²) < 4.78 is 5.16. The van der Waals surface area contributed by atoms with E-state index in [0.717, 1.165) is 0 Å². The molecule has 3 saturated carbocycles. The van der Waals surface area contributed by atoms with Gasteiger partial charge in [-0.05, 0) is 51.0 Å². The molecule has 1 aromatic rings. The number of ether oxygens (including phenoxy) is 1. The van der Waals surface area contributed by atoms with E-state index in [4.69, 9.17) is 4.74 Å². The smallest absolute Gasteiger partial charge is 0.178 e. The maximum atomic E-state index is 13.4. The standard InChI is InChI=1S/C23H26O6/c1-5-6-7-8-17(25)19-15-12-14(13-9-10-16(24)18(11-13)29-4)22(2,20(19)26)21(27)23(15,3)28/h5-11,14-15,24-25,28H,12H2,1-4H3/b6-5+,8-7+,19-17?/t14-,15-,22+,23-/m0/s1. The first-order valence-electron chi connectivity index (χ1n) is 9.52. The summed E-state index contributed by atoms with van der Waals surface area (Å²) in [6.45, 7) is 4.75. The predicted octanol–water partition coefficient (Wildman–Crippen LogP) is 3.36. The van der Waals surface area contributed by atoms with E-state index in [9.17, 15) is 24.9 Å². The average Bonchev–Trinajstić information content (AvgIpc) is 2.68. The van der Waals surface area contributed by atoms with E-state index >= 15 is 0 Å². The molecule has 154 valence electrons. The van der Waals surface area contributed by atoms with E-state index in [-0.39, 0.29) is 22.8 Å². The molecule has 0 spiro atoms. The summed E-state index contributed by atoms with van der Waals surface area (Å²) in [5.41, 5.74) is -2.57. The van der Waals surface area contributed by atoms with Gasteiger partial charge in [0.15, 0.2) is 23.1 Å². The van der Waals surface area contributed by atoms with Crippen LogP contribution in [0.4, 0.5) is 0 Å². The number of hydrogen-bond acceptors (Lipinski definition) is 6. The molecule has 6 heteroatoms. The quantitative estimate of drug-likeness (QED) is 0.311. The van der Waals surface area contributed by atoms with Crippen molar-refractivity contribution in [3.8, 4) is 11.5 Å². The summed E-state index contributed by atoms with van der Waals surface area (Å²) in [5, 5.41) is 31.4. The average molecular weight is 398 g/mol. The van der Waals surface area contributed by atoms with Crippen molar-refractivity contribution in [3.63, 3.8) is 0 Å². The molecule has 0 radical (unpaired) electrons. The molecule has 4 rings (SSSR count). The lowest BCUT2D eigenvalue weighted by Crippen LogP contribution is -2.66. The van der Waals surface area contributed by atoms with Crippen LogP contribution in [0.25, 0.3) is 0 Å². The summed E-state index contributed by atoms with van der Waals surface area (Å²) >= 11 is 0. The summed E-state index contributed by atoms with van der Waals surface area (Å²) in [7, 11) is 1.42. The number of phenols is 1. The highest BCUT2D eigenvalue weighted by molar-refractivity contribution is 6.21. The lowest BCUT2D eigenvalue weighted by atomic mass is 9.46. The minimum Gasteiger partial charge on any atom is -0.508 e. The predicted molar refractivity (Wildman–Crippen MR) is 108 cm³/mol. The second-order valence-electron chi connectivity index (χ2n) is 7.96. The van der Waals surface area contributed by atoms with E-state index in [1.165, 1.54) is 33.1 Å². The minimum absolute atomic E-state index is 0.0423. The highest BCUT2D eigenvalue weighted by Crippen LogP contribution is 2.60. The van der Waals surface area contributed by atoms with Crippen LogP contribution in [0.15, 0.2) is 53.8 Å². The van der Waals surface area contributed by atoms with Crippen LogP contribution in [0, 0.1) is 11.3 Å². The van der Waals surface area contributed by atoms with Crippen LogP contribution in [0.1, 0.15) is 38.7 Å². The topological polar surface area (TPSA) is 104 Å². The molecule has 0 amide bonds. The van der Waals surface area contributed by atoms with Gasteiger partial charge in [-0.3, -0.25) is 9.59 Å². The van der Waals surface area contributed by atoms with Crippen molar-refractivity contribution in [1.82, 2.24) is 0 Å². The molecule has 3 aliphatic rings. The molecule has 1 aromatic carbocycles. The van der Waals surface area contributed by atoms with Crippen molar-refractivity contribution >= 4 is 11.6 Å². The normalized spacial score (nSPS) is 33.7. The van der Waals surface area contributed by atoms with Crippen molar-refractivity contribution in [3.05, 3.63) is 59.4 Å². The van der Waals surface area contributed by atoms with Gasteiger partial charge in [0.2, 0.25) is 0 Å². The highest BCUT2D eigenvalue weighted by Gasteiger charge is 2.68. The lowest BCUT2D eigenvalue weighted by molar-refractivity contribution is -0.170. The highest BCUT2D eigenvalue weighted by atomic mass is 16.5. The van der Waals surface area contributed by atoms with Gasteiger partial charge in [0.05, 0.1) is 12.5 Å². The Hall–Kier alpha value is -2.86. The summed E-state index contributed by atoms with van der Waals surface area (Å²) in [5.74, 6) is -2.44. The SMILES string of the molecule is C/C=C/C=C/C(O)=C1C(=O)[C@]2(C)C(=O)[C@@](C)(O)[C@H]1C[C@H]2c1ccc(O)c(OC)c1. The fraction of sp³-hybridized carbons (Fsp3) is 0.391. The van der Waals surface area contributed by atoms with E-state index in [1.807, 2.05) is 6.92 Å². The van der Waals surface area contributed by atoms with Gasteiger partial charge in [0.1, 0.15) is 11.4 Å². The number of allylic oxidation sites excluding steroid dienone is 4. The number of aromatic hydroxyl groups is 1. The number of methoxy groups -OCH3 is 1. The first kappa shape index (κ1) is 20.9. The Morgan fingerprint density at radius 3 is 2.52 bits per heavy atom. The zero-order valence-corrected chi connectivity index (χ0v) is 17.0. The van der Waals surface area contributed by atoms with Crippen molar-refractivity contribution in [1.29, 1.82) is 0 Å². The zero-order chi connectivity index (χ0) is 21.6. The number of carbonyl (C=O) groups excluding carboxylic acids is 2. The third-order valence-electron chi connectivity index (χ3n) is 6.28. The van der Waals surface area contributed by atoms with E-state index in [2.05, 4.69) is 0 Å². The number of phenolic OH excluding ortho intramolecular Hbond substituents is 1. The van der Waals surface area contributed by atoms with Crippen LogP contribution < -0.4 is 4.74 Å². The Balaban J connectivity index is 2.16. The Kier molecular flexibility index (Phi) is 5.17. The molecular weight excluding hydrogens is 372 g/mol. The van der Waals surface area contributed by atoms with Gasteiger partial charge < -0.3 is 20.1 Å². The van der Waals surface area contributed by atoms with Crippen LogP contribution >= 0.6 is 0 Å². The number of rotatable bonds is 4. The van der Waals surface area contributed by atoms with Crippen molar-refractivity contribution < 1.29 is 29.6 Å². The van der Waals surface area contributed by atoms with E-state index in [0.29, 0.717) is 12.0 Å². The van der Waals surface area contributed by atoms with Crippen molar-refractivity contribution in [2.45, 2.75) is 38.7 Å². The molecule has 0 aromatic heterocycles. The van der Waals surface area contributed by atoms with Gasteiger partial charge in [-0.2, -0.15) is 0 Å². The minimum atomic E-state index is -1.77. The van der Waals surface area contributed by atoms with Gasteiger partial charge in [-0.25, -0.2) is 0 Å². The van der Waals surface area contributed by atoms with Gasteiger partial charge in [-0.1, -0.05) is 24.3 Å². The molecule has 4 atom stereocenters. The van der Waals surface area contributed by atoms with Crippen LogP contribution in [0.5, 0.6) is 11.5 Å². The second kappa shape index (κ2) is 7.19. The number of benzene rings is 1. The van der Waals surface area contributed by atoms with Gasteiger partial charge in [0.25, 0.3) is 0 Å². The monoisotopic (exact) mass is 398 g/mol. The summed E-state index contributed by atoms with van der Waals surface area (Å²) in [6, 6.07) is 4.72. The second-order valence-corrected chi connectivity index (χ2v) is 7.96. The number of ketones is 2. The lowest BCUT2D eigenvalue weighted by Gasteiger charge is -2.55. The summed E-state index contributed by atoms with van der Waals surface area (Å²) in [6.07, 6.45) is 6.78. The largest absolute Gasteiger partial charge is 0.508 e. The Bertz CT molecular complexity index is 952. The number of carbonyl (C=O) groups is 2. The third-order valence-corrected chi connectivity index (χ3v) is 6.28. The molecule has 0 saturated heterocycles. The molecule has 3 aliphatic carbocycles. The van der Waals surface area contributed by atoms with E-state index in [1.54, 1.807) is 30.4 Å². The molecule has 0 aliphatic heterocycles. The van der Waals surface area contributed by atoms with E-state index < -0.39 is 34.4 Å². The number of aliphatic hydroxyl groups excluding tert-OH is 1. The Morgan fingerprint density at radius 1 is 1.21 bits per heavy atom. The maximum absolute atomic E-state index is 13.4. The third kappa shape index (κ3) is 2.99. The van der Waals surface area contributed by atoms with Gasteiger partial charge in [0, 0.05) is 17.4 Å². The van der Waals surface area contributed by atoms with Crippen molar-refractivity contribution in [2.75, 3.05) is 7.11 Å². The fourth-order valence-corrected chi connectivity index (χ4v) is 4.66. The molecule has 0 heterocycles. The number of hydrogen-bond donors (Lipinski definition) is 3. The maximum Gasteiger partial charge on any atom is 0.178 e. The summed E-state index contributed by atoms with van der Waals surface area (Å²) in [4.78, 5) is 26.6. The molecular formula is C23H26O6. The van der Waals surface area contributed by atoms with Gasteiger partial charge >= 0.3 is 0 Å². The van der Waals surface area contributed by atoms with Crippen LogP contribution in [0.2, 0.25) is 0 Å². The number of fused-ring (bicyclic) bond motifs is 3. The Morgan fingerprint density at radius 2 is 1.90 bits per heavy atom. The number of aliphatic hydroxyl groups is 2. The fourth-order valence-electron chi connectivity index (χ4n) is 4.66. The zero-order valence-electron chi connectivity index (χ0n) is 17.0. The molecule has 3 N–H and O–H groups in total. The van der Waals surface area contributed by atoms with Gasteiger partial charge in [-0.15, -0.1) is 0 Å².